The standard InChI is InChI=1S/C28H40N4O7/c1-26(2,3)37-23(34)31-19-16-17(30-14-10-11-15-30)12-13-18(19)20(21(29)33)22(31)32(24(35)38-27(4,5)6)25(36)39-28(7,8)9/h12-13,16H,10-11,14-15H2,1-9H3,(H2,29,33). The number of ether oxygens (including phenoxy) is 3. The molecular formula is C28H40N4O7. The zero-order chi connectivity index (χ0) is 29.5. The van der Waals surface area contributed by atoms with Crippen LogP contribution >= 0.6 is 0 Å². The molecule has 1 aliphatic rings. The molecule has 0 spiro atoms. The van der Waals surface area contributed by atoms with Crippen LogP contribution in [0.4, 0.5) is 25.9 Å². The van der Waals surface area contributed by atoms with E-state index in [0.717, 1.165) is 36.2 Å². The van der Waals surface area contributed by atoms with Gasteiger partial charge in [0.2, 0.25) is 0 Å². The summed E-state index contributed by atoms with van der Waals surface area (Å²) in [4.78, 5) is 56.4. The van der Waals surface area contributed by atoms with E-state index in [1.54, 1.807) is 74.4 Å². The third-order valence-corrected chi connectivity index (χ3v) is 5.58. The summed E-state index contributed by atoms with van der Waals surface area (Å²) in [5.41, 5.74) is 3.69. The molecule has 1 aromatic carbocycles. The first-order chi connectivity index (χ1) is 17.8. The van der Waals surface area contributed by atoms with Crippen molar-refractivity contribution in [1.82, 2.24) is 4.57 Å². The van der Waals surface area contributed by atoms with Crippen molar-refractivity contribution >= 4 is 46.6 Å². The Hall–Kier alpha value is -3.76. The highest BCUT2D eigenvalue weighted by molar-refractivity contribution is 6.21. The SMILES string of the molecule is CC(C)(C)OC(=O)N(C(=O)OC(C)(C)C)c1c(C(N)=O)c2ccc(N3CCCC3)cc2n1C(=O)OC(C)(C)C. The van der Waals surface area contributed by atoms with Gasteiger partial charge in [0.05, 0.1) is 11.1 Å². The number of rotatable bonds is 3. The topological polar surface area (TPSA) is 133 Å². The van der Waals surface area contributed by atoms with Gasteiger partial charge in [-0.05, 0) is 93.4 Å². The van der Waals surface area contributed by atoms with E-state index in [1.165, 1.54) is 0 Å². The normalized spacial score (nSPS) is 14.3. The average molecular weight is 545 g/mol. The molecule has 11 nitrogen and oxygen atoms in total. The zero-order valence-electron chi connectivity index (χ0n) is 24.3. The minimum absolute atomic E-state index is 0.222. The van der Waals surface area contributed by atoms with Gasteiger partial charge in [0.15, 0.2) is 5.82 Å². The van der Waals surface area contributed by atoms with Crippen molar-refractivity contribution in [2.45, 2.75) is 92.0 Å². The van der Waals surface area contributed by atoms with Crippen LogP contribution in [0.25, 0.3) is 10.9 Å². The molecule has 1 aliphatic heterocycles. The van der Waals surface area contributed by atoms with Gasteiger partial charge in [-0.2, -0.15) is 4.90 Å². The van der Waals surface area contributed by atoms with Crippen LogP contribution in [0.5, 0.6) is 0 Å². The Balaban J connectivity index is 2.41. The molecule has 2 heterocycles. The smallest absolute Gasteiger partial charge is 0.425 e. The molecule has 3 rings (SSSR count). The first-order valence-corrected chi connectivity index (χ1v) is 13.0. The summed E-state index contributed by atoms with van der Waals surface area (Å²) in [6.07, 6.45) is -1.16. The van der Waals surface area contributed by atoms with Gasteiger partial charge in [0.25, 0.3) is 5.91 Å². The summed E-state index contributed by atoms with van der Waals surface area (Å²) in [5, 5.41) is 0.267. The molecule has 1 aromatic heterocycles. The minimum atomic E-state index is -1.15. The molecule has 0 unspecified atom stereocenters. The second-order valence-electron chi connectivity index (χ2n) is 12.6. The molecule has 0 bridgehead atoms. The predicted molar refractivity (Wildman–Crippen MR) is 148 cm³/mol. The number of hydrogen-bond donors (Lipinski definition) is 1. The van der Waals surface area contributed by atoms with Crippen LogP contribution in [0.1, 0.15) is 85.5 Å². The summed E-state index contributed by atoms with van der Waals surface area (Å²) in [7, 11) is 0. The number of nitrogens with zero attached hydrogens (tertiary/aromatic N) is 3. The Morgan fingerprint density at radius 2 is 1.28 bits per heavy atom. The van der Waals surface area contributed by atoms with Crippen molar-refractivity contribution in [3.05, 3.63) is 23.8 Å². The number of amides is 3. The molecule has 214 valence electrons. The van der Waals surface area contributed by atoms with E-state index in [4.69, 9.17) is 19.9 Å². The molecule has 0 atom stereocenters. The molecule has 1 saturated heterocycles. The monoisotopic (exact) mass is 544 g/mol. The summed E-state index contributed by atoms with van der Waals surface area (Å²) < 4.78 is 17.7. The van der Waals surface area contributed by atoms with Crippen molar-refractivity contribution in [2.75, 3.05) is 22.9 Å². The number of imide groups is 1. The maximum atomic E-state index is 13.7. The maximum Gasteiger partial charge on any atom is 0.425 e. The number of carbonyl (C=O) groups excluding carboxylic acids is 4. The molecule has 1 fully saturated rings. The summed E-state index contributed by atoms with van der Waals surface area (Å²) in [6.45, 7) is 16.4. The lowest BCUT2D eigenvalue weighted by molar-refractivity contribution is 0.0426. The Kier molecular flexibility index (Phi) is 7.96. The maximum absolute atomic E-state index is 13.7. The van der Waals surface area contributed by atoms with E-state index in [1.807, 2.05) is 6.07 Å². The first kappa shape index (κ1) is 29.8. The lowest BCUT2D eigenvalue weighted by Crippen LogP contribution is -2.46. The van der Waals surface area contributed by atoms with Gasteiger partial charge in [-0.3, -0.25) is 4.79 Å². The van der Waals surface area contributed by atoms with Crippen LogP contribution in [0, 0.1) is 0 Å². The molecule has 0 radical (unpaired) electrons. The molecule has 3 amide bonds. The highest BCUT2D eigenvalue weighted by atomic mass is 16.6. The number of benzene rings is 1. The van der Waals surface area contributed by atoms with Gasteiger partial charge in [-0.25, -0.2) is 19.0 Å². The number of hydrogen-bond acceptors (Lipinski definition) is 8. The highest BCUT2D eigenvalue weighted by Crippen LogP contribution is 2.38. The second kappa shape index (κ2) is 10.4. The van der Waals surface area contributed by atoms with Gasteiger partial charge >= 0.3 is 18.3 Å². The Bertz CT molecular complexity index is 1260. The molecule has 0 saturated carbocycles. The van der Waals surface area contributed by atoms with Crippen molar-refractivity contribution in [1.29, 1.82) is 0 Å². The predicted octanol–water partition coefficient (Wildman–Crippen LogP) is 5.80. The second-order valence-corrected chi connectivity index (χ2v) is 12.6. The fraction of sp³-hybridized carbons (Fsp3) is 0.571. The first-order valence-electron chi connectivity index (χ1n) is 13.0. The largest absolute Gasteiger partial charge is 0.443 e. The number of aromatic nitrogens is 1. The Morgan fingerprint density at radius 3 is 1.72 bits per heavy atom. The van der Waals surface area contributed by atoms with E-state index in [-0.39, 0.29) is 16.5 Å². The molecule has 0 aliphatic carbocycles. The van der Waals surface area contributed by atoms with Crippen LogP contribution in [0.2, 0.25) is 0 Å². The van der Waals surface area contributed by atoms with Crippen LogP contribution in [0.15, 0.2) is 18.2 Å². The lowest BCUT2D eigenvalue weighted by Gasteiger charge is -2.29. The average Bonchev–Trinajstić information content (AvgIpc) is 3.35. The number of primary amides is 1. The quantitative estimate of drug-likeness (QED) is 0.479. The van der Waals surface area contributed by atoms with Gasteiger partial charge in [0, 0.05) is 24.2 Å². The number of carbonyl (C=O) groups is 4. The van der Waals surface area contributed by atoms with E-state index in [9.17, 15) is 19.2 Å². The molecule has 11 heteroatoms. The third kappa shape index (κ3) is 7.01. The summed E-state index contributed by atoms with van der Waals surface area (Å²) in [5.74, 6) is -1.36. The minimum Gasteiger partial charge on any atom is -0.443 e. The molecule has 2 aromatic rings. The molecule has 2 N–H and O–H groups in total. The summed E-state index contributed by atoms with van der Waals surface area (Å²) in [6, 6.07) is 5.19. The Morgan fingerprint density at radius 1 is 0.795 bits per heavy atom. The van der Waals surface area contributed by atoms with Crippen LogP contribution in [0.3, 0.4) is 0 Å². The zero-order valence-corrected chi connectivity index (χ0v) is 24.3. The van der Waals surface area contributed by atoms with E-state index >= 15 is 0 Å². The third-order valence-electron chi connectivity index (χ3n) is 5.58. The van der Waals surface area contributed by atoms with Gasteiger partial charge < -0.3 is 24.8 Å². The number of nitrogens with two attached hydrogens (primary N) is 1. The highest BCUT2D eigenvalue weighted by Gasteiger charge is 2.41. The molecular weight excluding hydrogens is 504 g/mol. The van der Waals surface area contributed by atoms with Crippen LogP contribution in [-0.2, 0) is 14.2 Å². The van der Waals surface area contributed by atoms with Gasteiger partial charge in [0.1, 0.15) is 16.8 Å². The van der Waals surface area contributed by atoms with Crippen molar-refractivity contribution < 1.29 is 33.4 Å². The Labute approximate surface area is 229 Å². The van der Waals surface area contributed by atoms with Gasteiger partial charge in [-0.1, -0.05) is 0 Å². The summed E-state index contributed by atoms with van der Waals surface area (Å²) >= 11 is 0. The van der Waals surface area contributed by atoms with E-state index in [2.05, 4.69) is 4.90 Å². The number of fused-ring (bicyclic) bond motifs is 1. The van der Waals surface area contributed by atoms with Crippen molar-refractivity contribution in [2.24, 2.45) is 5.73 Å². The van der Waals surface area contributed by atoms with Crippen molar-refractivity contribution in [3.8, 4) is 0 Å². The lowest BCUT2D eigenvalue weighted by atomic mass is 10.1. The fourth-order valence-electron chi connectivity index (χ4n) is 4.24. The van der Waals surface area contributed by atoms with Crippen molar-refractivity contribution in [3.63, 3.8) is 0 Å². The number of anilines is 2. The molecule has 39 heavy (non-hydrogen) atoms. The van der Waals surface area contributed by atoms with Crippen LogP contribution in [-0.4, -0.2) is 58.6 Å². The fourth-order valence-corrected chi connectivity index (χ4v) is 4.24. The van der Waals surface area contributed by atoms with E-state index in [0.29, 0.717) is 4.90 Å². The van der Waals surface area contributed by atoms with Crippen LogP contribution < -0.4 is 15.5 Å². The van der Waals surface area contributed by atoms with Gasteiger partial charge in [-0.15, -0.1) is 0 Å². The van der Waals surface area contributed by atoms with E-state index < -0.39 is 46.8 Å².